The smallest absolute Gasteiger partial charge is 0.322 e. The van der Waals surface area contributed by atoms with Crippen molar-refractivity contribution in [2.75, 3.05) is 18.5 Å². The zero-order chi connectivity index (χ0) is 27.2. The second-order valence-electron chi connectivity index (χ2n) is 10.2. The number of urea groups is 1. The first kappa shape index (κ1) is 24.1. The average molecular weight is 532 g/mol. The number of carbonyl (C=O) groups is 1. The monoisotopic (exact) mass is 531 g/mol. The Bertz CT molecular complexity index is 1720. The minimum Gasteiger partial charge on any atom is -0.486 e. The number of para-hydroxylation sites is 1. The summed E-state index contributed by atoms with van der Waals surface area (Å²) < 4.78 is 15.6. The van der Waals surface area contributed by atoms with Crippen LogP contribution in [0.4, 0.5) is 10.5 Å². The zero-order valence-electron chi connectivity index (χ0n) is 22.4. The third-order valence-corrected chi connectivity index (χ3v) is 7.50. The number of nitrogens with zero attached hydrogens (tertiary/aromatic N) is 4. The van der Waals surface area contributed by atoms with Crippen LogP contribution in [-0.2, 0) is 6.54 Å². The molecule has 7 rings (SSSR count). The maximum Gasteiger partial charge on any atom is 0.322 e. The average Bonchev–Trinajstić information content (AvgIpc) is 3.53. The summed E-state index contributed by atoms with van der Waals surface area (Å²) in [6.45, 7) is 5.46. The molecule has 40 heavy (non-hydrogen) atoms. The summed E-state index contributed by atoms with van der Waals surface area (Å²) in [5, 5.41) is 8.06. The second kappa shape index (κ2) is 9.64. The molecule has 2 aliphatic heterocycles. The fourth-order valence-corrected chi connectivity index (χ4v) is 5.66. The first-order chi connectivity index (χ1) is 19.6. The van der Waals surface area contributed by atoms with Crippen molar-refractivity contribution < 1.29 is 14.3 Å². The van der Waals surface area contributed by atoms with Crippen LogP contribution in [0, 0.1) is 13.8 Å². The second-order valence-corrected chi connectivity index (χ2v) is 10.2. The molecule has 2 aliphatic rings. The van der Waals surface area contributed by atoms with Crippen molar-refractivity contribution in [2.45, 2.75) is 26.4 Å². The van der Waals surface area contributed by atoms with Crippen LogP contribution in [0.2, 0.25) is 0 Å². The van der Waals surface area contributed by atoms with Gasteiger partial charge in [0, 0.05) is 23.5 Å². The van der Waals surface area contributed by atoms with E-state index in [0.29, 0.717) is 36.9 Å². The van der Waals surface area contributed by atoms with Crippen molar-refractivity contribution in [3.63, 3.8) is 0 Å². The Morgan fingerprint density at radius 1 is 0.900 bits per heavy atom. The number of rotatable bonds is 3. The molecular weight excluding hydrogens is 502 g/mol. The van der Waals surface area contributed by atoms with E-state index in [2.05, 4.69) is 47.3 Å². The number of ether oxygens (including phenoxy) is 2. The molecule has 2 aromatic heterocycles. The molecule has 0 saturated carbocycles. The van der Waals surface area contributed by atoms with Crippen LogP contribution in [0.1, 0.15) is 34.1 Å². The molecule has 200 valence electrons. The van der Waals surface area contributed by atoms with E-state index in [9.17, 15) is 4.79 Å². The molecule has 5 aromatic rings. The van der Waals surface area contributed by atoms with Gasteiger partial charge in [0.2, 0.25) is 0 Å². The number of aryl methyl sites for hydroxylation is 2. The van der Waals surface area contributed by atoms with E-state index in [0.717, 1.165) is 39.6 Å². The highest BCUT2D eigenvalue weighted by Crippen LogP contribution is 2.39. The van der Waals surface area contributed by atoms with Crippen LogP contribution >= 0.6 is 0 Å². The molecule has 0 spiro atoms. The molecule has 0 bridgehead atoms. The topological polar surface area (TPSA) is 73.6 Å². The Kier molecular flexibility index (Phi) is 5.81. The highest BCUT2D eigenvalue weighted by molar-refractivity contribution is 5.90. The highest BCUT2D eigenvalue weighted by Gasteiger charge is 2.36. The predicted molar refractivity (Wildman–Crippen MR) is 153 cm³/mol. The lowest BCUT2D eigenvalue weighted by Crippen LogP contribution is -2.38. The maximum absolute atomic E-state index is 14.2. The quantitative estimate of drug-likeness (QED) is 0.301. The molecule has 0 aliphatic carbocycles. The molecule has 0 fully saturated rings. The molecule has 3 aromatic carbocycles. The zero-order valence-corrected chi connectivity index (χ0v) is 22.4. The Hall–Kier alpha value is -4.98. The Morgan fingerprint density at radius 3 is 2.55 bits per heavy atom. The van der Waals surface area contributed by atoms with Crippen LogP contribution in [0.5, 0.6) is 11.5 Å². The third-order valence-electron chi connectivity index (χ3n) is 7.50. The van der Waals surface area contributed by atoms with Gasteiger partial charge in [0.05, 0.1) is 29.7 Å². The first-order valence-electron chi connectivity index (χ1n) is 13.4. The van der Waals surface area contributed by atoms with Crippen LogP contribution in [0.25, 0.3) is 11.5 Å². The number of carbonyl (C=O) groups excluding carboxylic acids is 1. The number of aromatic nitrogens is 3. The van der Waals surface area contributed by atoms with E-state index >= 15 is 0 Å². The summed E-state index contributed by atoms with van der Waals surface area (Å²) in [5.41, 5.74) is 6.64. The molecule has 8 nitrogen and oxygen atoms in total. The summed E-state index contributed by atoms with van der Waals surface area (Å²) in [6.07, 6.45) is 2.06. The van der Waals surface area contributed by atoms with Crippen molar-refractivity contribution in [1.82, 2.24) is 19.2 Å². The van der Waals surface area contributed by atoms with Gasteiger partial charge in [0.25, 0.3) is 0 Å². The van der Waals surface area contributed by atoms with E-state index in [4.69, 9.17) is 14.6 Å². The van der Waals surface area contributed by atoms with E-state index in [-0.39, 0.29) is 12.1 Å². The van der Waals surface area contributed by atoms with Crippen LogP contribution < -0.4 is 14.8 Å². The molecule has 1 N–H and O–H groups in total. The van der Waals surface area contributed by atoms with Gasteiger partial charge < -0.3 is 24.3 Å². The van der Waals surface area contributed by atoms with Gasteiger partial charge in [-0.2, -0.15) is 5.10 Å². The summed E-state index contributed by atoms with van der Waals surface area (Å²) >= 11 is 0. The summed E-state index contributed by atoms with van der Waals surface area (Å²) in [4.78, 5) is 16.1. The van der Waals surface area contributed by atoms with Gasteiger partial charge in [-0.15, -0.1) is 0 Å². The van der Waals surface area contributed by atoms with Gasteiger partial charge in [0.15, 0.2) is 11.5 Å². The van der Waals surface area contributed by atoms with Gasteiger partial charge in [0.1, 0.15) is 19.0 Å². The lowest BCUT2D eigenvalue weighted by molar-refractivity contribution is 0.171. The lowest BCUT2D eigenvalue weighted by Gasteiger charge is -2.31. The summed E-state index contributed by atoms with van der Waals surface area (Å²) in [5.74, 6) is 2.25. The molecule has 0 radical (unpaired) electrons. The fourth-order valence-electron chi connectivity index (χ4n) is 5.66. The number of anilines is 1. The number of amides is 2. The minimum absolute atomic E-state index is 0.212. The predicted octanol–water partition coefficient (Wildman–Crippen LogP) is 6.19. The normalized spacial score (nSPS) is 15.7. The van der Waals surface area contributed by atoms with E-state index in [1.165, 1.54) is 0 Å². The number of hydrogen-bond donors (Lipinski definition) is 1. The van der Waals surface area contributed by atoms with Gasteiger partial charge in [-0.05, 0) is 55.8 Å². The first-order valence-corrected chi connectivity index (χ1v) is 13.4. The standard InChI is InChI=1S/C32H29N5O3/c1-21-8-6-9-23(18-21)30-27-12-7-15-35(27)31-26(22(2)34-37(31)25-10-4-3-5-11-25)20-36(30)32(38)33-24-13-14-28-29(19-24)40-17-16-39-28/h3-15,18-19,30H,16-17,20H2,1-2H3,(H,33,38)/t30-/m1/s1. The van der Waals surface area contributed by atoms with Crippen molar-refractivity contribution in [3.8, 4) is 23.0 Å². The van der Waals surface area contributed by atoms with Crippen LogP contribution in [-0.4, -0.2) is 38.5 Å². The largest absolute Gasteiger partial charge is 0.486 e. The summed E-state index contributed by atoms with van der Waals surface area (Å²) in [7, 11) is 0. The van der Waals surface area contributed by atoms with Gasteiger partial charge in [-0.3, -0.25) is 0 Å². The Morgan fingerprint density at radius 2 is 1.73 bits per heavy atom. The molecular formula is C32H29N5O3. The molecule has 1 atom stereocenters. The van der Waals surface area contributed by atoms with Crippen LogP contribution in [0.3, 0.4) is 0 Å². The SMILES string of the molecule is Cc1cccc([C@@H]2c3cccn3-c3c(c(C)nn3-c3ccccc3)CN2C(=O)Nc2ccc3c(c2)OCCO3)c1. The molecule has 8 heteroatoms. The fraction of sp³-hybridized carbons (Fsp3) is 0.188. The van der Waals surface area contributed by atoms with Crippen molar-refractivity contribution >= 4 is 11.7 Å². The third kappa shape index (κ3) is 4.09. The number of hydrogen-bond acceptors (Lipinski definition) is 4. The van der Waals surface area contributed by atoms with Gasteiger partial charge in [-0.1, -0.05) is 48.0 Å². The van der Waals surface area contributed by atoms with Crippen molar-refractivity contribution in [2.24, 2.45) is 0 Å². The van der Waals surface area contributed by atoms with E-state index in [1.807, 2.05) is 77.2 Å². The summed E-state index contributed by atoms with van der Waals surface area (Å²) in [6, 6.07) is 27.5. The van der Waals surface area contributed by atoms with Gasteiger partial charge in [-0.25, -0.2) is 9.48 Å². The Balaban J connectivity index is 1.36. The molecule has 4 heterocycles. The molecule has 0 unspecified atom stereocenters. The van der Waals surface area contributed by atoms with E-state index in [1.54, 1.807) is 0 Å². The maximum atomic E-state index is 14.2. The minimum atomic E-state index is -0.330. The number of fused-ring (bicyclic) bond motifs is 4. The number of benzene rings is 3. The molecule has 0 saturated heterocycles. The van der Waals surface area contributed by atoms with Crippen molar-refractivity contribution in [3.05, 3.63) is 119 Å². The van der Waals surface area contributed by atoms with E-state index < -0.39 is 0 Å². The highest BCUT2D eigenvalue weighted by atomic mass is 16.6. The lowest BCUT2D eigenvalue weighted by atomic mass is 10.00. The molecule has 2 amide bonds. The Labute approximate surface area is 232 Å². The van der Waals surface area contributed by atoms with Gasteiger partial charge >= 0.3 is 6.03 Å². The van der Waals surface area contributed by atoms with Crippen LogP contribution in [0.15, 0.2) is 91.1 Å². The number of nitrogens with one attached hydrogen (secondary N) is 1. The van der Waals surface area contributed by atoms with Crippen molar-refractivity contribution in [1.29, 1.82) is 0 Å².